The number of pyridine rings is 1. The number of aromatic amines is 1. The van der Waals surface area contributed by atoms with E-state index in [1.807, 2.05) is 29.6 Å². The van der Waals surface area contributed by atoms with Crippen molar-refractivity contribution in [2.45, 2.75) is 6.54 Å². The van der Waals surface area contributed by atoms with Crippen LogP contribution in [0.4, 0.5) is 0 Å². The van der Waals surface area contributed by atoms with E-state index in [0.717, 1.165) is 38.2 Å². The van der Waals surface area contributed by atoms with Gasteiger partial charge >= 0.3 is 0 Å². The molecule has 3 heterocycles. The van der Waals surface area contributed by atoms with E-state index in [2.05, 4.69) is 20.0 Å². The Hall–Kier alpha value is -3.29. The molecule has 0 saturated carbocycles. The van der Waals surface area contributed by atoms with Gasteiger partial charge in [0.05, 0.1) is 17.3 Å². The molecule has 32 heavy (non-hydrogen) atoms. The number of aromatic nitrogens is 3. The Bertz CT molecular complexity index is 1630. The van der Waals surface area contributed by atoms with Gasteiger partial charge in [0.1, 0.15) is 10.7 Å². The van der Waals surface area contributed by atoms with Crippen molar-refractivity contribution >= 4 is 56.5 Å². The van der Waals surface area contributed by atoms with E-state index in [1.54, 1.807) is 29.8 Å². The summed E-state index contributed by atoms with van der Waals surface area (Å²) < 4.78 is 1.59. The lowest BCUT2D eigenvalue weighted by molar-refractivity contribution is 0.896. The molecular weight excluding hydrogens is 467 g/mol. The summed E-state index contributed by atoms with van der Waals surface area (Å²) in [5, 5.41) is 9.08. The summed E-state index contributed by atoms with van der Waals surface area (Å²) in [6.45, 7) is 0.218. The number of hydrogen-bond acceptors (Lipinski definition) is 4. The Labute approximate surface area is 195 Å². The first kappa shape index (κ1) is 20.6. The van der Waals surface area contributed by atoms with Gasteiger partial charge in [-0.3, -0.25) is 9.36 Å². The van der Waals surface area contributed by atoms with Crippen molar-refractivity contribution < 1.29 is 0 Å². The van der Waals surface area contributed by atoms with Crippen LogP contribution in [0, 0.1) is 0 Å². The van der Waals surface area contributed by atoms with Gasteiger partial charge in [-0.1, -0.05) is 34.4 Å². The number of H-pyrrole nitrogens is 1. The van der Waals surface area contributed by atoms with E-state index < -0.39 is 0 Å². The fraction of sp³-hybridized carbons (Fsp3) is 0.0909. The lowest BCUT2D eigenvalue weighted by Gasteiger charge is -2.08. The summed E-state index contributed by atoms with van der Waals surface area (Å²) in [6, 6.07) is 13.0. The predicted octanol–water partition coefficient (Wildman–Crippen LogP) is 6.93. The normalized spacial score (nSPS) is 11.2. The minimum absolute atomic E-state index is 0.156. The molecule has 0 radical (unpaired) electrons. The molecular formula is C22H14Cl2N6OS. The molecule has 0 atom stereocenters. The van der Waals surface area contributed by atoms with Gasteiger partial charge in [0.25, 0.3) is 5.56 Å². The molecule has 0 bridgehead atoms. The average Bonchev–Trinajstić information content (AvgIpc) is 3.39. The SMILES string of the molecule is Cn1c(=O)c(-c2ccc(Cl)cc2Cl)cc2c3cc(-c4nc(CN=[N+]=[N-])cs4)ccc3[nH]c21. The average molecular weight is 481 g/mol. The van der Waals surface area contributed by atoms with Crippen LogP contribution in [0.25, 0.3) is 54.1 Å². The third-order valence-electron chi connectivity index (χ3n) is 5.29. The van der Waals surface area contributed by atoms with E-state index in [4.69, 9.17) is 28.7 Å². The van der Waals surface area contributed by atoms with Gasteiger partial charge in [-0.2, -0.15) is 0 Å². The molecule has 0 aliphatic heterocycles. The second-order valence-corrected chi connectivity index (χ2v) is 8.93. The Kier molecular flexibility index (Phi) is 5.15. The zero-order valence-corrected chi connectivity index (χ0v) is 19.0. The molecule has 0 saturated heterocycles. The van der Waals surface area contributed by atoms with E-state index in [0.29, 0.717) is 21.2 Å². The molecule has 7 nitrogen and oxygen atoms in total. The molecule has 2 aromatic carbocycles. The van der Waals surface area contributed by atoms with Crippen molar-refractivity contribution in [2.24, 2.45) is 12.2 Å². The maximum absolute atomic E-state index is 13.1. The quantitative estimate of drug-likeness (QED) is 0.171. The van der Waals surface area contributed by atoms with Gasteiger partial charge in [-0.25, -0.2) is 4.98 Å². The summed E-state index contributed by atoms with van der Waals surface area (Å²) in [5.74, 6) is 0. The first-order valence-corrected chi connectivity index (χ1v) is 11.2. The summed E-state index contributed by atoms with van der Waals surface area (Å²) >= 11 is 13.9. The molecule has 158 valence electrons. The molecule has 0 aliphatic rings. The Balaban J connectivity index is 1.71. The van der Waals surface area contributed by atoms with Gasteiger partial charge in [-0.15, -0.1) is 11.3 Å². The largest absolute Gasteiger partial charge is 0.341 e. The zero-order valence-electron chi connectivity index (χ0n) is 16.6. The number of aryl methyl sites for hydroxylation is 1. The van der Waals surface area contributed by atoms with E-state index in [1.165, 1.54) is 11.3 Å². The maximum Gasteiger partial charge on any atom is 0.259 e. The number of fused-ring (bicyclic) bond motifs is 3. The van der Waals surface area contributed by atoms with Gasteiger partial charge in [0, 0.05) is 55.3 Å². The highest BCUT2D eigenvalue weighted by Gasteiger charge is 2.16. The van der Waals surface area contributed by atoms with Crippen molar-refractivity contribution in [3.8, 4) is 21.7 Å². The molecule has 0 unspecified atom stereocenters. The van der Waals surface area contributed by atoms with Crippen LogP contribution in [-0.2, 0) is 13.6 Å². The molecule has 5 rings (SSSR count). The highest BCUT2D eigenvalue weighted by Crippen LogP contribution is 2.34. The molecule has 0 spiro atoms. The number of nitrogens with one attached hydrogen (secondary N) is 1. The number of azide groups is 1. The summed E-state index contributed by atoms with van der Waals surface area (Å²) in [7, 11) is 1.73. The molecule has 1 N–H and O–H groups in total. The third-order valence-corrected chi connectivity index (χ3v) is 6.78. The lowest BCUT2D eigenvalue weighted by atomic mass is 10.0. The van der Waals surface area contributed by atoms with Crippen LogP contribution in [0.1, 0.15) is 5.69 Å². The zero-order chi connectivity index (χ0) is 22.4. The summed E-state index contributed by atoms with van der Waals surface area (Å²) in [6.07, 6.45) is 0. The number of halogens is 2. The fourth-order valence-corrected chi connectivity index (χ4v) is 5.07. The van der Waals surface area contributed by atoms with E-state index in [-0.39, 0.29) is 12.1 Å². The highest BCUT2D eigenvalue weighted by atomic mass is 35.5. The minimum atomic E-state index is -0.156. The molecule has 0 amide bonds. The van der Waals surface area contributed by atoms with Crippen LogP contribution in [-0.4, -0.2) is 14.5 Å². The van der Waals surface area contributed by atoms with Crippen molar-refractivity contribution in [3.05, 3.63) is 84.4 Å². The van der Waals surface area contributed by atoms with Crippen LogP contribution in [0.3, 0.4) is 0 Å². The minimum Gasteiger partial charge on any atom is -0.341 e. The van der Waals surface area contributed by atoms with Crippen molar-refractivity contribution in [1.29, 1.82) is 0 Å². The number of nitrogens with zero attached hydrogens (tertiary/aromatic N) is 5. The molecule has 5 aromatic rings. The standard InChI is InChI=1S/C22H14Cl2N6OS/c1-30-20-16(8-17(22(30)31)14-4-3-12(23)7-18(14)24)15-6-11(2-5-19(15)28-20)21-27-13(10-32-21)9-26-29-25/h2-8,10,28H,9H2,1H3. The number of benzene rings is 2. The maximum atomic E-state index is 13.1. The molecule has 0 fully saturated rings. The Morgan fingerprint density at radius 1 is 1.16 bits per heavy atom. The van der Waals surface area contributed by atoms with E-state index in [9.17, 15) is 4.79 Å². The topological polar surface area (TPSA) is 99.4 Å². The smallest absolute Gasteiger partial charge is 0.259 e. The van der Waals surface area contributed by atoms with Gasteiger partial charge < -0.3 is 4.98 Å². The Morgan fingerprint density at radius 3 is 2.78 bits per heavy atom. The van der Waals surface area contributed by atoms with Crippen LogP contribution in [0.2, 0.25) is 10.0 Å². The van der Waals surface area contributed by atoms with Crippen LogP contribution in [0.15, 0.2) is 57.8 Å². The highest BCUT2D eigenvalue weighted by molar-refractivity contribution is 7.13. The van der Waals surface area contributed by atoms with Crippen molar-refractivity contribution in [2.75, 3.05) is 0 Å². The van der Waals surface area contributed by atoms with Gasteiger partial charge in [-0.05, 0) is 41.9 Å². The fourth-order valence-electron chi connectivity index (χ4n) is 3.75. The van der Waals surface area contributed by atoms with Crippen LogP contribution >= 0.6 is 34.5 Å². The second kappa shape index (κ2) is 8.00. The van der Waals surface area contributed by atoms with E-state index >= 15 is 0 Å². The lowest BCUT2D eigenvalue weighted by Crippen LogP contribution is -2.19. The third kappa shape index (κ3) is 3.43. The summed E-state index contributed by atoms with van der Waals surface area (Å²) in [5.41, 5.74) is 12.8. The first-order valence-electron chi connectivity index (χ1n) is 9.53. The second-order valence-electron chi connectivity index (χ2n) is 7.23. The van der Waals surface area contributed by atoms with Crippen LogP contribution in [0.5, 0.6) is 0 Å². The van der Waals surface area contributed by atoms with Crippen LogP contribution < -0.4 is 5.56 Å². The number of thiazole rings is 1. The Morgan fingerprint density at radius 2 is 2.00 bits per heavy atom. The molecule has 3 aromatic heterocycles. The molecule has 0 aliphatic carbocycles. The van der Waals surface area contributed by atoms with Gasteiger partial charge in [0.15, 0.2) is 0 Å². The number of rotatable bonds is 4. The monoisotopic (exact) mass is 480 g/mol. The van der Waals surface area contributed by atoms with Gasteiger partial charge in [0.2, 0.25) is 0 Å². The first-order chi connectivity index (χ1) is 15.5. The van der Waals surface area contributed by atoms with Crippen molar-refractivity contribution in [1.82, 2.24) is 14.5 Å². The predicted molar refractivity (Wildman–Crippen MR) is 130 cm³/mol. The number of hydrogen-bond donors (Lipinski definition) is 1. The summed E-state index contributed by atoms with van der Waals surface area (Å²) in [4.78, 5) is 23.8. The molecule has 10 heteroatoms. The van der Waals surface area contributed by atoms with Crippen molar-refractivity contribution in [3.63, 3.8) is 0 Å².